The van der Waals surface area contributed by atoms with Crippen LogP contribution in [0.3, 0.4) is 0 Å². The van der Waals surface area contributed by atoms with Crippen molar-refractivity contribution in [2.45, 2.75) is 89.6 Å². The minimum Gasteiger partial charge on any atom is -0.388 e. The number of hydrogen-bond donors (Lipinski definition) is 8. The molecule has 8 atom stereocenters. The molecule has 23 nitrogen and oxygen atoms in total. The van der Waals surface area contributed by atoms with Gasteiger partial charge in [-0.2, -0.15) is 12.6 Å². The summed E-state index contributed by atoms with van der Waals surface area (Å²) in [6.45, 7) is 8.19. The number of aromatic nitrogens is 6. The number of amides is 3. The molecule has 2 saturated heterocycles. The van der Waals surface area contributed by atoms with Crippen molar-refractivity contribution in [3.05, 3.63) is 45.8 Å². The highest BCUT2D eigenvalue weighted by Gasteiger charge is 2.48. The number of nitrogen functional groups attached to an aromatic ring is 1. The number of phosphoric acid groups is 1. The van der Waals surface area contributed by atoms with Gasteiger partial charge in [-0.15, -0.1) is 0 Å². The Hall–Kier alpha value is -4.26. The molecule has 2 aliphatic heterocycles. The monoisotopic (exact) mass is 856 g/mol. The topological polar surface area (TPSA) is 315 Å². The summed E-state index contributed by atoms with van der Waals surface area (Å²) in [5.74, 6) is -1.87. The third-order valence-corrected chi connectivity index (χ3v) is 11.6. The Kier molecular flexibility index (Phi) is 14.5. The number of aliphatic hydroxyl groups is 1. The van der Waals surface area contributed by atoms with Gasteiger partial charge in [-0.25, -0.2) is 24.3 Å². The average Bonchev–Trinajstić information content (AvgIpc) is 3.86. The van der Waals surface area contributed by atoms with Crippen LogP contribution < -0.4 is 32.9 Å². The smallest absolute Gasteiger partial charge is 0.388 e. The number of nitrogens with zero attached hydrogens (tertiary/aromatic N) is 5. The minimum absolute atomic E-state index is 0.0172. The van der Waals surface area contributed by atoms with E-state index in [0.29, 0.717) is 11.2 Å². The van der Waals surface area contributed by atoms with Gasteiger partial charge in [-0.1, -0.05) is 27.7 Å². The number of nitrogens with two attached hydrogens (primary N) is 1. The highest BCUT2D eigenvalue weighted by Crippen LogP contribution is 2.49. The van der Waals surface area contributed by atoms with Crippen LogP contribution in [0.1, 0.15) is 53.5 Å². The number of carbonyl (C=O) groups is 3. The van der Waals surface area contributed by atoms with Crippen molar-refractivity contribution in [1.82, 2.24) is 45.0 Å². The summed E-state index contributed by atoms with van der Waals surface area (Å²) in [4.78, 5) is 86.5. The van der Waals surface area contributed by atoms with Crippen molar-refractivity contribution in [3.8, 4) is 0 Å². The summed E-state index contributed by atoms with van der Waals surface area (Å²) >= 11 is 3.80. The second kappa shape index (κ2) is 18.8. The Labute approximate surface area is 336 Å². The molecule has 8 N–H and O–H groups in total. The molecule has 3 aromatic rings. The van der Waals surface area contributed by atoms with Crippen LogP contribution in [0.2, 0.25) is 0 Å². The summed E-state index contributed by atoms with van der Waals surface area (Å²) in [6.07, 6.45) is -3.55. The predicted octanol–water partition coefficient (Wildman–Crippen LogP) is -1.26. The van der Waals surface area contributed by atoms with E-state index >= 15 is 0 Å². The quantitative estimate of drug-likeness (QED) is 0.0547. The van der Waals surface area contributed by atoms with Gasteiger partial charge in [0.05, 0.1) is 44.0 Å². The molecule has 320 valence electrons. The average molecular weight is 857 g/mol. The Morgan fingerprint density at radius 3 is 2.41 bits per heavy atom. The molecule has 25 heteroatoms. The van der Waals surface area contributed by atoms with Crippen LogP contribution in [-0.2, 0) is 42.2 Å². The van der Waals surface area contributed by atoms with Gasteiger partial charge in [0.25, 0.3) is 5.56 Å². The lowest BCUT2D eigenvalue weighted by atomic mass is 9.82. The maximum absolute atomic E-state index is 13.6. The van der Waals surface area contributed by atoms with E-state index in [1.165, 1.54) is 12.7 Å². The second-order valence-electron chi connectivity index (χ2n) is 14.5. The first-order valence-corrected chi connectivity index (χ1v) is 20.4. The fraction of sp³-hybridized carbons (Fsp3) is 0.636. The molecule has 3 aromatic heterocycles. The van der Waals surface area contributed by atoms with Crippen molar-refractivity contribution < 1.29 is 52.2 Å². The van der Waals surface area contributed by atoms with Gasteiger partial charge >= 0.3 is 13.5 Å². The van der Waals surface area contributed by atoms with Crippen molar-refractivity contribution in [2.24, 2.45) is 11.8 Å². The number of thiol groups is 1. The minimum atomic E-state index is -5.00. The number of carbonyl (C=O) groups excluding carboxylic acids is 3. The maximum Gasteiger partial charge on any atom is 0.472 e. The van der Waals surface area contributed by atoms with E-state index < -0.39 is 105 Å². The van der Waals surface area contributed by atoms with E-state index in [1.54, 1.807) is 4.57 Å². The zero-order valence-corrected chi connectivity index (χ0v) is 34.1. The molecule has 1 unspecified atom stereocenters. The van der Waals surface area contributed by atoms with Crippen molar-refractivity contribution >= 4 is 55.2 Å². The van der Waals surface area contributed by atoms with Crippen LogP contribution >= 0.6 is 20.5 Å². The summed E-state index contributed by atoms with van der Waals surface area (Å²) in [7, 11) is -5.00. The zero-order valence-electron chi connectivity index (χ0n) is 32.3. The second-order valence-corrected chi connectivity index (χ2v) is 16.3. The number of aliphatic hydroxyl groups excluding tert-OH is 1. The van der Waals surface area contributed by atoms with Gasteiger partial charge in [0.15, 0.2) is 17.7 Å². The van der Waals surface area contributed by atoms with Gasteiger partial charge < -0.3 is 45.9 Å². The first kappa shape index (κ1) is 44.8. The molecule has 0 spiro atoms. The highest BCUT2D eigenvalue weighted by atomic mass is 32.1. The van der Waals surface area contributed by atoms with E-state index in [1.807, 2.05) is 39.6 Å². The number of imidazole rings is 1. The van der Waals surface area contributed by atoms with Crippen LogP contribution in [0.4, 0.5) is 5.82 Å². The number of H-pyrrole nitrogens is 1. The summed E-state index contributed by atoms with van der Waals surface area (Å²) < 4.78 is 45.7. The third kappa shape index (κ3) is 10.5. The van der Waals surface area contributed by atoms with Crippen molar-refractivity contribution in [2.75, 3.05) is 37.8 Å². The van der Waals surface area contributed by atoms with Gasteiger partial charge in [-0.05, 0) is 18.8 Å². The van der Waals surface area contributed by atoms with Crippen LogP contribution in [0.5, 0.6) is 0 Å². The van der Waals surface area contributed by atoms with Gasteiger partial charge in [0.2, 0.25) is 17.7 Å². The molecule has 0 aromatic carbocycles. The van der Waals surface area contributed by atoms with Crippen molar-refractivity contribution in [3.63, 3.8) is 0 Å². The van der Waals surface area contributed by atoms with E-state index in [9.17, 15) is 38.5 Å². The van der Waals surface area contributed by atoms with E-state index in [4.69, 9.17) is 29.0 Å². The summed E-state index contributed by atoms with van der Waals surface area (Å²) in [5, 5.41) is 18.4. The fourth-order valence-corrected chi connectivity index (χ4v) is 7.53. The molecular weight excluding hydrogens is 807 g/mol. The largest absolute Gasteiger partial charge is 0.472 e. The number of phosphoric ester groups is 1. The predicted molar refractivity (Wildman–Crippen MR) is 206 cm³/mol. The molecular formula is C33H49N10O13PS. The Morgan fingerprint density at radius 2 is 1.74 bits per heavy atom. The summed E-state index contributed by atoms with van der Waals surface area (Å²) in [5.41, 5.74) is 4.39. The Bertz CT molecular complexity index is 2110. The number of nitrogens with one attached hydrogen (secondary N) is 4. The van der Waals surface area contributed by atoms with E-state index in [0.717, 1.165) is 16.8 Å². The molecule has 0 radical (unpaired) electrons. The molecule has 0 aliphatic carbocycles. The molecule has 5 rings (SSSR count). The van der Waals surface area contributed by atoms with E-state index in [2.05, 4.69) is 43.5 Å². The first-order chi connectivity index (χ1) is 27.3. The van der Waals surface area contributed by atoms with Crippen LogP contribution in [0, 0.1) is 11.8 Å². The van der Waals surface area contributed by atoms with Crippen molar-refractivity contribution in [1.29, 1.82) is 0 Å². The molecule has 3 amide bonds. The van der Waals surface area contributed by atoms with Crippen LogP contribution in [-0.4, -0.2) is 125 Å². The standard InChI is InChI=1S/C33H49N10O13PS/c1-16(2)33(5,17(3)4)52-11-19-18(8-25(54-19)43-15-39-27-29(34)37-14-38-30(27)43)56-57(50,51)53-12-20-28(48)26(31(55-20)42-7-6-21(44)41-32(42)49)40-23(46)10-35-22(45)9-36-24(47)13-58/h6-7,14-20,25-26,28,31,48,58H,8-13H2,1-5H3,(H,35,45)(H,36,47)(H,40,46)(H,50,51)(H2,34,37,38)(H,41,44,49)/t18-,19+,20+,25+,26+,28+,31+/m0/s1. The van der Waals surface area contributed by atoms with Gasteiger partial charge in [0, 0.05) is 18.7 Å². The number of aromatic amines is 1. The van der Waals surface area contributed by atoms with Crippen LogP contribution in [0.25, 0.3) is 11.2 Å². The normalized spacial score (nSPS) is 24.6. The Balaban J connectivity index is 1.30. The zero-order chi connectivity index (χ0) is 42.5. The Morgan fingerprint density at radius 1 is 1.05 bits per heavy atom. The lowest BCUT2D eigenvalue weighted by molar-refractivity contribution is -0.143. The van der Waals surface area contributed by atoms with Gasteiger partial charge in [0.1, 0.15) is 48.5 Å². The molecule has 0 bridgehead atoms. The van der Waals surface area contributed by atoms with Crippen LogP contribution in [0.15, 0.2) is 34.5 Å². The third-order valence-electron chi connectivity index (χ3n) is 10.3. The highest BCUT2D eigenvalue weighted by molar-refractivity contribution is 7.81. The fourth-order valence-electron chi connectivity index (χ4n) is 6.46. The number of hydrogen-bond acceptors (Lipinski definition) is 17. The maximum atomic E-state index is 13.6. The molecule has 5 heterocycles. The molecule has 58 heavy (non-hydrogen) atoms. The number of ether oxygens (including phenoxy) is 3. The number of fused-ring (bicyclic) bond motifs is 1. The molecule has 0 saturated carbocycles. The first-order valence-electron chi connectivity index (χ1n) is 18.3. The lowest BCUT2D eigenvalue weighted by Gasteiger charge is -2.39. The number of anilines is 1. The summed E-state index contributed by atoms with van der Waals surface area (Å²) in [6, 6.07) is -0.403. The molecule has 2 aliphatic rings. The SMILES string of the molecule is CC(C)C(C)(OC[C@H]1O[C@@H](n2cnc3c(N)ncnc32)C[C@@H]1OP(=O)(O)OC[C@H]1O[C@@H](n2ccc(=O)[nH]c2=O)[C@H](NC(=O)CNC(=O)CNC(=O)CS)[C@@H]1O)C(C)C. The molecule has 2 fully saturated rings. The van der Waals surface area contributed by atoms with E-state index in [-0.39, 0.29) is 36.4 Å². The lowest BCUT2D eigenvalue weighted by Crippen LogP contribution is -2.51. The number of rotatable bonds is 18. The van der Waals surface area contributed by atoms with Gasteiger partial charge in [-0.3, -0.25) is 42.3 Å².